The van der Waals surface area contributed by atoms with E-state index in [1.165, 1.54) is 0 Å². The van der Waals surface area contributed by atoms with Crippen molar-refractivity contribution in [2.24, 2.45) is 0 Å². The first kappa shape index (κ1) is 15.9. The molecule has 1 saturated heterocycles. The van der Waals surface area contributed by atoms with E-state index in [0.717, 1.165) is 19.4 Å². The van der Waals surface area contributed by atoms with Gasteiger partial charge in [0.2, 0.25) is 5.91 Å². The predicted octanol–water partition coefficient (Wildman–Crippen LogP) is 1.05. The van der Waals surface area contributed by atoms with E-state index in [9.17, 15) is 4.79 Å². The molecule has 0 aromatic carbocycles. The van der Waals surface area contributed by atoms with Crippen LogP contribution in [0.5, 0.6) is 0 Å². The molecule has 1 fully saturated rings. The Hall–Kier alpha value is -1.44. The molecule has 0 aliphatic carbocycles. The van der Waals surface area contributed by atoms with Crippen molar-refractivity contribution in [3.05, 3.63) is 12.4 Å². The molecule has 7 heteroatoms. The fraction of sp³-hybridized carbons (Fsp3) is 0.714. The second-order valence-corrected chi connectivity index (χ2v) is 4.99. The summed E-state index contributed by atoms with van der Waals surface area (Å²) in [5.74, 6) is -0.0753. The molecule has 21 heavy (non-hydrogen) atoms. The molecule has 1 aliphatic rings. The summed E-state index contributed by atoms with van der Waals surface area (Å²) in [4.78, 5) is 11.7. The van der Waals surface area contributed by atoms with E-state index >= 15 is 0 Å². The molecule has 1 atom stereocenters. The fourth-order valence-corrected chi connectivity index (χ4v) is 2.11. The molecular formula is C14H23N3O4. The molecule has 118 valence electrons. The van der Waals surface area contributed by atoms with E-state index in [-0.39, 0.29) is 12.0 Å². The summed E-state index contributed by atoms with van der Waals surface area (Å²) in [5, 5.41) is 6.92. The zero-order valence-electron chi connectivity index (χ0n) is 12.4. The number of nitrogens with zero attached hydrogens (tertiary/aromatic N) is 2. The first-order chi connectivity index (χ1) is 10.3. The Morgan fingerprint density at radius 3 is 3.24 bits per heavy atom. The Labute approximate surface area is 124 Å². The van der Waals surface area contributed by atoms with Crippen LogP contribution in [0.1, 0.15) is 19.3 Å². The largest absolute Gasteiger partial charge is 0.383 e. The van der Waals surface area contributed by atoms with Crippen molar-refractivity contribution in [3.63, 3.8) is 0 Å². The third-order valence-electron chi connectivity index (χ3n) is 3.24. The van der Waals surface area contributed by atoms with Crippen LogP contribution < -0.4 is 5.32 Å². The second-order valence-electron chi connectivity index (χ2n) is 4.99. The molecule has 1 amide bonds. The highest BCUT2D eigenvalue weighted by Gasteiger charge is 2.15. The van der Waals surface area contributed by atoms with Gasteiger partial charge in [0.1, 0.15) is 0 Å². The maximum absolute atomic E-state index is 11.7. The van der Waals surface area contributed by atoms with Gasteiger partial charge in [0.25, 0.3) is 0 Å². The highest BCUT2D eigenvalue weighted by Crippen LogP contribution is 2.12. The number of carbonyl (C=O) groups is 1. The highest BCUT2D eigenvalue weighted by atomic mass is 16.5. The van der Waals surface area contributed by atoms with E-state index in [4.69, 9.17) is 14.2 Å². The molecule has 7 nitrogen and oxygen atoms in total. The molecule has 1 aromatic rings. The molecule has 0 saturated carbocycles. The summed E-state index contributed by atoms with van der Waals surface area (Å²) in [7, 11) is 1.64. The molecule has 1 aliphatic heterocycles. The lowest BCUT2D eigenvalue weighted by Gasteiger charge is -2.09. The highest BCUT2D eigenvalue weighted by molar-refractivity contribution is 5.90. The van der Waals surface area contributed by atoms with Crippen molar-refractivity contribution in [2.45, 2.75) is 31.9 Å². The summed E-state index contributed by atoms with van der Waals surface area (Å²) >= 11 is 0. The second kappa shape index (κ2) is 8.76. The summed E-state index contributed by atoms with van der Waals surface area (Å²) in [6, 6.07) is 0. The van der Waals surface area contributed by atoms with E-state index in [1.807, 2.05) is 0 Å². The maximum Gasteiger partial charge on any atom is 0.226 e. The Bertz CT molecular complexity index is 430. The van der Waals surface area contributed by atoms with Crippen LogP contribution in [-0.4, -0.2) is 55.3 Å². The summed E-state index contributed by atoms with van der Waals surface area (Å²) in [6.07, 6.45) is 6.09. The van der Waals surface area contributed by atoms with Crippen LogP contribution >= 0.6 is 0 Å². The Morgan fingerprint density at radius 1 is 1.57 bits per heavy atom. The predicted molar refractivity (Wildman–Crippen MR) is 77.1 cm³/mol. The van der Waals surface area contributed by atoms with Gasteiger partial charge in [-0.15, -0.1) is 0 Å². The van der Waals surface area contributed by atoms with E-state index < -0.39 is 0 Å². The lowest BCUT2D eigenvalue weighted by Crippen LogP contribution is -2.18. The van der Waals surface area contributed by atoms with Crippen LogP contribution in [0.25, 0.3) is 0 Å². The van der Waals surface area contributed by atoms with Gasteiger partial charge in [-0.2, -0.15) is 5.10 Å². The van der Waals surface area contributed by atoms with Crippen molar-refractivity contribution in [3.8, 4) is 0 Å². The van der Waals surface area contributed by atoms with Gasteiger partial charge in [0.15, 0.2) is 0 Å². The van der Waals surface area contributed by atoms with Gasteiger partial charge in [0, 0.05) is 19.9 Å². The molecule has 0 spiro atoms. The van der Waals surface area contributed by atoms with Crippen molar-refractivity contribution >= 4 is 11.6 Å². The van der Waals surface area contributed by atoms with Gasteiger partial charge in [0.05, 0.1) is 50.8 Å². The summed E-state index contributed by atoms with van der Waals surface area (Å²) in [6.45, 7) is 3.05. The summed E-state index contributed by atoms with van der Waals surface area (Å²) in [5.41, 5.74) is 0.690. The van der Waals surface area contributed by atoms with Crippen molar-refractivity contribution in [2.75, 3.05) is 38.9 Å². The monoisotopic (exact) mass is 297 g/mol. The topological polar surface area (TPSA) is 74.6 Å². The normalized spacial score (nSPS) is 18.0. The zero-order valence-corrected chi connectivity index (χ0v) is 12.4. The van der Waals surface area contributed by atoms with Crippen molar-refractivity contribution in [1.82, 2.24) is 9.78 Å². The van der Waals surface area contributed by atoms with Crippen LogP contribution in [0.2, 0.25) is 0 Å². The van der Waals surface area contributed by atoms with Gasteiger partial charge in [-0.3, -0.25) is 9.48 Å². The lowest BCUT2D eigenvalue weighted by molar-refractivity contribution is -0.117. The average molecular weight is 297 g/mol. The number of hydrogen-bond acceptors (Lipinski definition) is 5. The number of hydrogen-bond donors (Lipinski definition) is 1. The molecule has 2 rings (SSSR count). The number of methoxy groups -OCH3 is 1. The van der Waals surface area contributed by atoms with Crippen LogP contribution in [-0.2, 0) is 25.5 Å². The number of ether oxygens (including phenoxy) is 3. The lowest BCUT2D eigenvalue weighted by atomic mass is 10.2. The minimum Gasteiger partial charge on any atom is -0.383 e. The molecule has 1 unspecified atom stereocenters. The van der Waals surface area contributed by atoms with Gasteiger partial charge >= 0.3 is 0 Å². The zero-order chi connectivity index (χ0) is 14.9. The average Bonchev–Trinajstić information content (AvgIpc) is 3.13. The smallest absolute Gasteiger partial charge is 0.226 e. The summed E-state index contributed by atoms with van der Waals surface area (Å²) < 4.78 is 17.6. The quantitative estimate of drug-likeness (QED) is 0.690. The Morgan fingerprint density at radius 2 is 2.48 bits per heavy atom. The van der Waals surface area contributed by atoms with E-state index in [0.29, 0.717) is 38.5 Å². The first-order valence-corrected chi connectivity index (χ1v) is 7.28. The minimum absolute atomic E-state index is 0.0753. The molecule has 0 bridgehead atoms. The third kappa shape index (κ3) is 5.82. The van der Waals surface area contributed by atoms with Crippen molar-refractivity contribution in [1.29, 1.82) is 0 Å². The standard InChI is InChI=1S/C14H23N3O4/c1-19-8-5-17-10-12(9-15-17)16-14(18)4-7-20-11-13-3-2-6-21-13/h9-10,13H,2-8,11H2,1H3,(H,16,18). The van der Waals surface area contributed by atoms with Crippen LogP contribution in [0.4, 0.5) is 5.69 Å². The fourth-order valence-electron chi connectivity index (χ4n) is 2.11. The van der Waals surface area contributed by atoms with Gasteiger partial charge in [-0.1, -0.05) is 0 Å². The first-order valence-electron chi connectivity index (χ1n) is 7.28. The molecule has 1 aromatic heterocycles. The SMILES string of the molecule is COCCn1cc(NC(=O)CCOCC2CCCO2)cn1. The minimum atomic E-state index is -0.0753. The molecule has 2 heterocycles. The number of nitrogens with one attached hydrogen (secondary N) is 1. The molecular weight excluding hydrogens is 274 g/mol. The van der Waals surface area contributed by atoms with E-state index in [1.54, 1.807) is 24.2 Å². The molecule has 1 N–H and O–H groups in total. The van der Waals surface area contributed by atoms with Gasteiger partial charge in [-0.25, -0.2) is 0 Å². The maximum atomic E-state index is 11.7. The number of carbonyl (C=O) groups excluding carboxylic acids is 1. The van der Waals surface area contributed by atoms with Crippen LogP contribution in [0, 0.1) is 0 Å². The number of anilines is 1. The number of aromatic nitrogens is 2. The van der Waals surface area contributed by atoms with Gasteiger partial charge in [-0.05, 0) is 12.8 Å². The van der Waals surface area contributed by atoms with E-state index in [2.05, 4.69) is 10.4 Å². The Kier molecular flexibility index (Phi) is 6.65. The van der Waals surface area contributed by atoms with Crippen LogP contribution in [0.15, 0.2) is 12.4 Å². The third-order valence-corrected chi connectivity index (χ3v) is 3.24. The number of rotatable bonds is 9. The van der Waals surface area contributed by atoms with Gasteiger partial charge < -0.3 is 19.5 Å². The van der Waals surface area contributed by atoms with Crippen LogP contribution in [0.3, 0.4) is 0 Å². The number of amides is 1. The molecule has 0 radical (unpaired) electrons. The van der Waals surface area contributed by atoms with Crippen molar-refractivity contribution < 1.29 is 19.0 Å². The Balaban J connectivity index is 1.58.